The standard InChI is InChI=1S/C17H23NO3S/c1-11-3-6-15(9-12(11)2)22-8-7-16(19)18-14-5-4-13(10-14)17(20)21/h3,6,9,13-14H,4-5,7-8,10H2,1-2H3,(H,18,19)(H,20,21)/t13-,14+/m0/s1. The van der Waals surface area contributed by atoms with Crippen molar-refractivity contribution in [1.29, 1.82) is 0 Å². The molecule has 0 bridgehead atoms. The molecule has 0 radical (unpaired) electrons. The Morgan fingerprint density at radius 2 is 2.05 bits per heavy atom. The summed E-state index contributed by atoms with van der Waals surface area (Å²) in [7, 11) is 0. The van der Waals surface area contributed by atoms with E-state index >= 15 is 0 Å². The van der Waals surface area contributed by atoms with Gasteiger partial charge in [0.15, 0.2) is 0 Å². The molecule has 1 fully saturated rings. The third kappa shape index (κ3) is 4.77. The summed E-state index contributed by atoms with van der Waals surface area (Å²) < 4.78 is 0. The molecule has 4 nitrogen and oxygen atoms in total. The van der Waals surface area contributed by atoms with E-state index in [1.165, 1.54) is 16.0 Å². The lowest BCUT2D eigenvalue weighted by atomic mass is 10.1. The first-order chi connectivity index (χ1) is 10.5. The maximum atomic E-state index is 11.9. The molecule has 1 aliphatic carbocycles. The molecule has 1 amide bonds. The quantitative estimate of drug-likeness (QED) is 0.790. The Morgan fingerprint density at radius 3 is 2.68 bits per heavy atom. The average Bonchev–Trinajstić information content (AvgIpc) is 2.91. The van der Waals surface area contributed by atoms with Crippen molar-refractivity contribution in [2.75, 3.05) is 5.75 Å². The van der Waals surface area contributed by atoms with E-state index in [2.05, 4.69) is 37.4 Å². The number of hydrogen-bond donors (Lipinski definition) is 2. The fourth-order valence-corrected chi connectivity index (χ4v) is 3.65. The predicted octanol–water partition coefficient (Wildman–Crippen LogP) is 3.16. The van der Waals surface area contributed by atoms with Crippen molar-refractivity contribution >= 4 is 23.6 Å². The molecular weight excluding hydrogens is 298 g/mol. The molecular formula is C17H23NO3S. The van der Waals surface area contributed by atoms with Crippen LogP contribution in [-0.4, -0.2) is 28.8 Å². The third-order valence-electron chi connectivity index (χ3n) is 4.22. The van der Waals surface area contributed by atoms with Gasteiger partial charge in [-0.3, -0.25) is 9.59 Å². The van der Waals surface area contributed by atoms with E-state index in [0.717, 1.165) is 12.2 Å². The number of hydrogen-bond acceptors (Lipinski definition) is 3. The number of aryl methyl sites for hydroxylation is 2. The number of carbonyl (C=O) groups excluding carboxylic acids is 1. The molecule has 0 spiro atoms. The lowest BCUT2D eigenvalue weighted by molar-refractivity contribution is -0.141. The molecule has 0 heterocycles. The van der Waals surface area contributed by atoms with Crippen molar-refractivity contribution in [3.8, 4) is 0 Å². The molecule has 2 N–H and O–H groups in total. The summed E-state index contributed by atoms with van der Waals surface area (Å²) in [5.41, 5.74) is 2.54. The lowest BCUT2D eigenvalue weighted by Gasteiger charge is -2.12. The minimum Gasteiger partial charge on any atom is -0.481 e. The number of benzene rings is 1. The Kier molecular flexibility index (Phi) is 5.89. The summed E-state index contributed by atoms with van der Waals surface area (Å²) in [6, 6.07) is 6.36. The van der Waals surface area contributed by atoms with Crippen LogP contribution in [0.3, 0.4) is 0 Å². The van der Waals surface area contributed by atoms with Gasteiger partial charge in [0.05, 0.1) is 5.92 Å². The highest BCUT2D eigenvalue weighted by atomic mass is 32.2. The SMILES string of the molecule is Cc1ccc(SCCC(=O)N[C@@H]2CC[C@H](C(=O)O)C2)cc1C. The number of thioether (sulfide) groups is 1. The fourth-order valence-electron chi connectivity index (χ4n) is 2.70. The zero-order chi connectivity index (χ0) is 16.1. The van der Waals surface area contributed by atoms with Gasteiger partial charge in [-0.25, -0.2) is 0 Å². The van der Waals surface area contributed by atoms with Gasteiger partial charge in [0.25, 0.3) is 0 Å². The Bertz CT molecular complexity index is 559. The Labute approximate surface area is 135 Å². The topological polar surface area (TPSA) is 66.4 Å². The maximum absolute atomic E-state index is 11.9. The van der Waals surface area contributed by atoms with Gasteiger partial charge in [-0.2, -0.15) is 0 Å². The number of carboxylic acid groups (broad SMARTS) is 1. The van der Waals surface area contributed by atoms with Crippen molar-refractivity contribution in [1.82, 2.24) is 5.32 Å². The first-order valence-corrected chi connectivity index (χ1v) is 8.66. The van der Waals surface area contributed by atoms with Crippen molar-refractivity contribution in [3.63, 3.8) is 0 Å². The van der Waals surface area contributed by atoms with Crippen LogP contribution in [0.15, 0.2) is 23.1 Å². The van der Waals surface area contributed by atoms with Crippen LogP contribution in [0, 0.1) is 19.8 Å². The number of carbonyl (C=O) groups is 2. The van der Waals surface area contributed by atoms with Gasteiger partial charge in [0.2, 0.25) is 5.91 Å². The molecule has 0 aromatic heterocycles. The summed E-state index contributed by atoms with van der Waals surface area (Å²) in [4.78, 5) is 24.0. The number of nitrogens with one attached hydrogen (secondary N) is 1. The Hall–Kier alpha value is -1.49. The fraction of sp³-hybridized carbons (Fsp3) is 0.529. The van der Waals surface area contributed by atoms with Gasteiger partial charge in [0, 0.05) is 23.1 Å². The Balaban J connectivity index is 1.70. The zero-order valence-corrected chi connectivity index (χ0v) is 13.9. The van der Waals surface area contributed by atoms with E-state index in [-0.39, 0.29) is 17.9 Å². The molecule has 22 heavy (non-hydrogen) atoms. The Morgan fingerprint density at radius 1 is 1.27 bits per heavy atom. The van der Waals surface area contributed by atoms with Crippen LogP contribution < -0.4 is 5.32 Å². The van der Waals surface area contributed by atoms with Crippen molar-refractivity contribution in [2.24, 2.45) is 5.92 Å². The molecule has 0 aliphatic heterocycles. The number of amides is 1. The normalized spacial score (nSPS) is 20.8. The molecule has 2 rings (SSSR count). The monoisotopic (exact) mass is 321 g/mol. The molecule has 1 aromatic carbocycles. The summed E-state index contributed by atoms with van der Waals surface area (Å²) in [6.07, 6.45) is 2.46. The highest BCUT2D eigenvalue weighted by Gasteiger charge is 2.30. The van der Waals surface area contributed by atoms with Crippen LogP contribution in [0.25, 0.3) is 0 Å². The third-order valence-corrected chi connectivity index (χ3v) is 5.22. The highest BCUT2D eigenvalue weighted by Crippen LogP contribution is 2.26. The minimum atomic E-state index is -0.748. The molecule has 120 valence electrons. The van der Waals surface area contributed by atoms with Crippen LogP contribution in [0.2, 0.25) is 0 Å². The van der Waals surface area contributed by atoms with E-state index in [0.29, 0.717) is 19.3 Å². The maximum Gasteiger partial charge on any atom is 0.306 e. The molecule has 5 heteroatoms. The molecule has 2 atom stereocenters. The number of carboxylic acids is 1. The lowest BCUT2D eigenvalue weighted by Crippen LogP contribution is -2.33. The van der Waals surface area contributed by atoms with Crippen molar-refractivity contribution in [3.05, 3.63) is 29.3 Å². The van der Waals surface area contributed by atoms with Gasteiger partial charge < -0.3 is 10.4 Å². The summed E-state index contributed by atoms with van der Waals surface area (Å²) in [5.74, 6) is -0.284. The van der Waals surface area contributed by atoms with Gasteiger partial charge in [-0.1, -0.05) is 6.07 Å². The average molecular weight is 321 g/mol. The van der Waals surface area contributed by atoms with Crippen LogP contribution in [-0.2, 0) is 9.59 Å². The van der Waals surface area contributed by atoms with E-state index < -0.39 is 5.97 Å². The van der Waals surface area contributed by atoms with Crippen molar-refractivity contribution < 1.29 is 14.7 Å². The zero-order valence-electron chi connectivity index (χ0n) is 13.1. The molecule has 1 saturated carbocycles. The molecule has 1 aromatic rings. The second kappa shape index (κ2) is 7.68. The smallest absolute Gasteiger partial charge is 0.306 e. The largest absolute Gasteiger partial charge is 0.481 e. The summed E-state index contributed by atoms with van der Waals surface area (Å²) in [6.45, 7) is 4.17. The first kappa shape index (κ1) is 16.9. The van der Waals surface area contributed by atoms with E-state index in [9.17, 15) is 9.59 Å². The summed E-state index contributed by atoms with van der Waals surface area (Å²) in [5, 5.41) is 11.9. The van der Waals surface area contributed by atoms with Gasteiger partial charge >= 0.3 is 5.97 Å². The first-order valence-electron chi connectivity index (χ1n) is 7.68. The minimum absolute atomic E-state index is 0.0207. The van der Waals surface area contributed by atoms with Crippen molar-refractivity contribution in [2.45, 2.75) is 50.5 Å². The molecule has 0 saturated heterocycles. The van der Waals surface area contributed by atoms with E-state index in [4.69, 9.17) is 5.11 Å². The van der Waals surface area contributed by atoms with Crippen LogP contribution >= 0.6 is 11.8 Å². The second-order valence-electron chi connectivity index (χ2n) is 5.96. The van der Waals surface area contributed by atoms with Gasteiger partial charge in [0.1, 0.15) is 0 Å². The van der Waals surface area contributed by atoms with E-state index in [1.54, 1.807) is 11.8 Å². The number of aliphatic carboxylic acids is 1. The molecule has 1 aliphatic rings. The summed E-state index contributed by atoms with van der Waals surface area (Å²) >= 11 is 1.68. The van der Waals surface area contributed by atoms with Crippen LogP contribution in [0.5, 0.6) is 0 Å². The van der Waals surface area contributed by atoms with E-state index in [1.807, 2.05) is 0 Å². The molecule has 0 unspecified atom stereocenters. The van der Waals surface area contributed by atoms with Gasteiger partial charge in [-0.05, 0) is 56.4 Å². The highest BCUT2D eigenvalue weighted by molar-refractivity contribution is 7.99. The predicted molar refractivity (Wildman–Crippen MR) is 88.2 cm³/mol. The van der Waals surface area contributed by atoms with Gasteiger partial charge in [-0.15, -0.1) is 11.8 Å². The number of rotatable bonds is 6. The second-order valence-corrected chi connectivity index (χ2v) is 7.13. The van der Waals surface area contributed by atoms with Crippen LogP contribution in [0.1, 0.15) is 36.8 Å². The van der Waals surface area contributed by atoms with Crippen LogP contribution in [0.4, 0.5) is 0 Å².